The van der Waals surface area contributed by atoms with Gasteiger partial charge in [0.15, 0.2) is 0 Å². The van der Waals surface area contributed by atoms with E-state index < -0.39 is 0 Å². The molecule has 1 N–H and O–H groups in total. The van der Waals surface area contributed by atoms with E-state index in [2.05, 4.69) is 5.32 Å². The molecule has 146 valence electrons. The fourth-order valence-corrected chi connectivity index (χ4v) is 3.69. The Hall–Kier alpha value is -2.87. The van der Waals surface area contributed by atoms with Gasteiger partial charge in [0.2, 0.25) is 11.8 Å². The lowest BCUT2D eigenvalue weighted by atomic mass is 10.1. The van der Waals surface area contributed by atoms with Crippen molar-refractivity contribution in [3.05, 3.63) is 59.4 Å². The highest BCUT2D eigenvalue weighted by molar-refractivity contribution is 8.00. The summed E-state index contributed by atoms with van der Waals surface area (Å²) in [4.78, 5) is 40.7. The van der Waals surface area contributed by atoms with Crippen molar-refractivity contribution in [1.82, 2.24) is 10.2 Å². The second-order valence-electron chi connectivity index (χ2n) is 6.55. The van der Waals surface area contributed by atoms with Crippen molar-refractivity contribution in [3.63, 3.8) is 0 Å². The van der Waals surface area contributed by atoms with E-state index in [-0.39, 0.29) is 42.4 Å². The molecule has 2 aromatic carbocycles. The Labute approximate surface area is 166 Å². The number of nitrogens with zero attached hydrogens (tertiary/aromatic N) is 2. The lowest BCUT2D eigenvalue weighted by Gasteiger charge is -2.29. The van der Waals surface area contributed by atoms with E-state index in [1.165, 1.54) is 33.7 Å². The minimum Gasteiger partial charge on any atom is -0.350 e. The van der Waals surface area contributed by atoms with Crippen molar-refractivity contribution in [2.24, 2.45) is 0 Å². The van der Waals surface area contributed by atoms with E-state index in [1.807, 2.05) is 0 Å². The molecular weight excluding hydrogens is 381 g/mol. The average molecular weight is 401 g/mol. The summed E-state index contributed by atoms with van der Waals surface area (Å²) >= 11 is 1.38. The fourth-order valence-electron chi connectivity index (χ4n) is 2.77. The summed E-state index contributed by atoms with van der Waals surface area (Å²) in [6.45, 7) is 0.0924. The van der Waals surface area contributed by atoms with Gasteiger partial charge in [-0.15, -0.1) is 11.8 Å². The first kappa shape index (κ1) is 19.9. The molecule has 8 heteroatoms. The van der Waals surface area contributed by atoms with Crippen molar-refractivity contribution in [3.8, 4) is 0 Å². The molecule has 0 aliphatic carbocycles. The fraction of sp³-hybridized carbons (Fsp3) is 0.250. The number of carbonyl (C=O) groups excluding carboxylic acids is 3. The zero-order valence-electron chi connectivity index (χ0n) is 15.6. The molecule has 0 saturated heterocycles. The Morgan fingerprint density at radius 1 is 1.18 bits per heavy atom. The molecule has 0 spiro atoms. The molecule has 0 unspecified atom stereocenters. The van der Waals surface area contributed by atoms with E-state index in [1.54, 1.807) is 44.4 Å². The van der Waals surface area contributed by atoms with Crippen LogP contribution in [0.1, 0.15) is 15.9 Å². The second kappa shape index (κ2) is 8.43. The number of fused-ring (bicyclic) bond motifs is 1. The van der Waals surface area contributed by atoms with Gasteiger partial charge >= 0.3 is 0 Å². The first-order valence-electron chi connectivity index (χ1n) is 8.65. The molecule has 0 saturated carbocycles. The Kier molecular flexibility index (Phi) is 5.99. The number of anilines is 1. The average Bonchev–Trinajstić information content (AvgIpc) is 2.68. The lowest BCUT2D eigenvalue weighted by molar-refractivity contribution is -0.123. The summed E-state index contributed by atoms with van der Waals surface area (Å²) < 4.78 is 13.0. The summed E-state index contributed by atoms with van der Waals surface area (Å²) in [5, 5.41) is 2.74. The molecule has 6 nitrogen and oxygen atoms in total. The Morgan fingerprint density at radius 3 is 2.57 bits per heavy atom. The second-order valence-corrected chi connectivity index (χ2v) is 7.57. The summed E-state index contributed by atoms with van der Waals surface area (Å²) in [5.41, 5.74) is 1.77. The first-order chi connectivity index (χ1) is 13.3. The van der Waals surface area contributed by atoms with E-state index in [0.717, 1.165) is 10.5 Å². The smallest absolute Gasteiger partial charge is 0.253 e. The topological polar surface area (TPSA) is 69.7 Å². The molecule has 28 heavy (non-hydrogen) atoms. The summed E-state index contributed by atoms with van der Waals surface area (Å²) in [7, 11) is 3.31. The molecule has 0 aromatic heterocycles. The van der Waals surface area contributed by atoms with Crippen LogP contribution in [-0.4, -0.2) is 49.0 Å². The molecule has 3 amide bonds. The van der Waals surface area contributed by atoms with Gasteiger partial charge in [0.25, 0.3) is 5.91 Å². The van der Waals surface area contributed by atoms with E-state index in [4.69, 9.17) is 0 Å². The maximum Gasteiger partial charge on any atom is 0.253 e. The number of nitrogens with one attached hydrogen (secondary N) is 1. The molecule has 0 bridgehead atoms. The van der Waals surface area contributed by atoms with Crippen LogP contribution in [0.4, 0.5) is 10.1 Å². The van der Waals surface area contributed by atoms with Crippen LogP contribution in [0.2, 0.25) is 0 Å². The number of halogens is 1. The van der Waals surface area contributed by atoms with Crippen molar-refractivity contribution in [2.75, 3.05) is 31.3 Å². The van der Waals surface area contributed by atoms with Crippen LogP contribution >= 0.6 is 11.8 Å². The predicted molar refractivity (Wildman–Crippen MR) is 106 cm³/mol. The molecule has 0 fully saturated rings. The lowest BCUT2D eigenvalue weighted by Crippen LogP contribution is -2.43. The Bertz CT molecular complexity index is 915. The van der Waals surface area contributed by atoms with E-state index >= 15 is 0 Å². The summed E-state index contributed by atoms with van der Waals surface area (Å²) in [5.74, 6) is -0.805. The SMILES string of the molecule is CN(C)C(=O)c1ccc2c(c1)N(CC(=O)NCc1ccc(F)cc1)C(=O)CS2. The van der Waals surface area contributed by atoms with Gasteiger partial charge in [-0.3, -0.25) is 14.4 Å². The maximum absolute atomic E-state index is 13.0. The predicted octanol–water partition coefficient (Wildman–Crippen LogP) is 2.28. The summed E-state index contributed by atoms with van der Waals surface area (Å²) in [6.07, 6.45) is 0. The van der Waals surface area contributed by atoms with Crippen LogP contribution < -0.4 is 10.2 Å². The molecule has 2 aromatic rings. The third-order valence-electron chi connectivity index (χ3n) is 4.26. The zero-order chi connectivity index (χ0) is 20.3. The molecule has 1 heterocycles. The number of amides is 3. The van der Waals surface area contributed by atoms with Crippen LogP contribution in [0.3, 0.4) is 0 Å². The van der Waals surface area contributed by atoms with Gasteiger partial charge in [0, 0.05) is 31.1 Å². The molecule has 1 aliphatic rings. The third-order valence-corrected chi connectivity index (χ3v) is 5.31. The van der Waals surface area contributed by atoms with Gasteiger partial charge < -0.3 is 15.1 Å². The molecular formula is C20H20FN3O3S. The van der Waals surface area contributed by atoms with Gasteiger partial charge in [-0.25, -0.2) is 4.39 Å². The van der Waals surface area contributed by atoms with E-state index in [9.17, 15) is 18.8 Å². The number of hydrogen-bond donors (Lipinski definition) is 1. The first-order valence-corrected chi connectivity index (χ1v) is 9.63. The standard InChI is InChI=1S/C20H20FN3O3S/c1-23(2)20(27)14-5-8-17-16(9-14)24(19(26)12-28-17)11-18(25)22-10-13-3-6-15(21)7-4-13/h3-9H,10-12H2,1-2H3,(H,22,25). The van der Waals surface area contributed by atoms with Crippen LogP contribution in [0.15, 0.2) is 47.4 Å². The summed E-state index contributed by atoms with van der Waals surface area (Å²) in [6, 6.07) is 11.0. The highest BCUT2D eigenvalue weighted by atomic mass is 32.2. The van der Waals surface area contributed by atoms with Crippen molar-refractivity contribution in [1.29, 1.82) is 0 Å². The normalized spacial score (nSPS) is 13.1. The van der Waals surface area contributed by atoms with Gasteiger partial charge in [-0.2, -0.15) is 0 Å². The number of hydrogen-bond acceptors (Lipinski definition) is 4. The van der Waals surface area contributed by atoms with Crippen molar-refractivity contribution in [2.45, 2.75) is 11.4 Å². The quantitative estimate of drug-likeness (QED) is 0.835. The Balaban J connectivity index is 1.73. The molecule has 3 rings (SSSR count). The Morgan fingerprint density at radius 2 is 1.89 bits per heavy atom. The van der Waals surface area contributed by atoms with Gasteiger partial charge in [-0.1, -0.05) is 12.1 Å². The van der Waals surface area contributed by atoms with E-state index in [0.29, 0.717) is 11.3 Å². The molecule has 0 atom stereocenters. The minimum absolute atomic E-state index is 0.146. The highest BCUT2D eigenvalue weighted by Crippen LogP contribution is 2.36. The molecule has 1 aliphatic heterocycles. The van der Waals surface area contributed by atoms with Crippen LogP contribution in [0, 0.1) is 5.82 Å². The van der Waals surface area contributed by atoms with Gasteiger partial charge in [-0.05, 0) is 35.9 Å². The van der Waals surface area contributed by atoms with Crippen molar-refractivity contribution < 1.29 is 18.8 Å². The van der Waals surface area contributed by atoms with Gasteiger partial charge in [0.05, 0.1) is 11.4 Å². The molecule has 0 radical (unpaired) electrons. The zero-order valence-corrected chi connectivity index (χ0v) is 16.4. The van der Waals surface area contributed by atoms with Crippen LogP contribution in [0.5, 0.6) is 0 Å². The number of rotatable bonds is 5. The minimum atomic E-state index is -0.342. The largest absolute Gasteiger partial charge is 0.350 e. The monoisotopic (exact) mass is 401 g/mol. The number of benzene rings is 2. The number of carbonyl (C=O) groups is 3. The third kappa shape index (κ3) is 4.51. The van der Waals surface area contributed by atoms with Crippen molar-refractivity contribution >= 4 is 35.2 Å². The maximum atomic E-state index is 13.0. The number of thioether (sulfide) groups is 1. The van der Waals surface area contributed by atoms with Gasteiger partial charge in [0.1, 0.15) is 12.4 Å². The van der Waals surface area contributed by atoms with Crippen LogP contribution in [0.25, 0.3) is 0 Å². The highest BCUT2D eigenvalue weighted by Gasteiger charge is 2.27. The van der Waals surface area contributed by atoms with Crippen LogP contribution in [-0.2, 0) is 16.1 Å².